The van der Waals surface area contributed by atoms with Gasteiger partial charge in [0.2, 0.25) is 5.91 Å². The summed E-state index contributed by atoms with van der Waals surface area (Å²) in [5.41, 5.74) is 2.11. The van der Waals surface area contributed by atoms with Crippen molar-refractivity contribution in [3.63, 3.8) is 0 Å². The number of aromatic hydroxyl groups is 2. The maximum atomic E-state index is 11.6. The van der Waals surface area contributed by atoms with Crippen molar-refractivity contribution in [1.29, 1.82) is 0 Å². The molecule has 4 N–H and O–H groups in total. The van der Waals surface area contributed by atoms with E-state index in [2.05, 4.69) is 5.32 Å². The van der Waals surface area contributed by atoms with Gasteiger partial charge in [-0.25, -0.2) is 4.79 Å². The topological polar surface area (TPSA) is 107 Å². The van der Waals surface area contributed by atoms with E-state index in [4.69, 9.17) is 0 Å². The summed E-state index contributed by atoms with van der Waals surface area (Å²) >= 11 is 8.05. The van der Waals surface area contributed by atoms with Gasteiger partial charge in [-0.15, -0.1) is 0 Å². The van der Waals surface area contributed by atoms with E-state index < -0.39 is 17.9 Å². The van der Waals surface area contributed by atoms with Crippen molar-refractivity contribution < 1.29 is 24.9 Å². The second kappa shape index (κ2) is 9.60. The van der Waals surface area contributed by atoms with Crippen LogP contribution in [-0.4, -0.2) is 33.2 Å². The van der Waals surface area contributed by atoms with Crippen LogP contribution in [0.4, 0.5) is 0 Å². The molecule has 10 heteroatoms. The van der Waals surface area contributed by atoms with Crippen LogP contribution in [0.15, 0.2) is 18.2 Å². The first kappa shape index (κ1) is 23.2. The van der Waals surface area contributed by atoms with E-state index in [-0.39, 0.29) is 17.9 Å². The Morgan fingerprint density at radius 2 is 1.52 bits per heavy atom. The highest BCUT2D eigenvalue weighted by Crippen LogP contribution is 2.41. The molecule has 0 radical (unpaired) electrons. The third-order valence-electron chi connectivity index (χ3n) is 3.68. The molecule has 2 rings (SSSR count). The first-order valence-electron chi connectivity index (χ1n) is 7.41. The van der Waals surface area contributed by atoms with E-state index >= 15 is 0 Å². The number of carbonyl (C=O) groups is 2. The van der Waals surface area contributed by atoms with E-state index in [1.54, 1.807) is 18.2 Å². The lowest BCUT2D eigenvalue weighted by atomic mass is 9.94. The highest BCUT2D eigenvalue weighted by molar-refractivity contribution is 14.1. The predicted molar refractivity (Wildman–Crippen MR) is 135 cm³/mol. The number of benzene rings is 2. The first-order valence-corrected chi connectivity index (χ1v) is 11.7. The van der Waals surface area contributed by atoms with E-state index in [0.717, 1.165) is 5.56 Å². The number of hydrogen-bond acceptors (Lipinski definition) is 4. The number of carboxylic acids is 1. The van der Waals surface area contributed by atoms with Gasteiger partial charge in [0.05, 0.1) is 14.3 Å². The minimum atomic E-state index is -1.14. The van der Waals surface area contributed by atoms with Crippen molar-refractivity contribution in [3.05, 3.63) is 38.0 Å². The molecule has 0 aliphatic rings. The molecule has 0 fully saturated rings. The van der Waals surface area contributed by atoms with Crippen LogP contribution in [0.25, 0.3) is 11.1 Å². The zero-order valence-corrected chi connectivity index (χ0v) is 22.3. The summed E-state index contributed by atoms with van der Waals surface area (Å²) in [6.07, 6.45) is 0.0601. The summed E-state index contributed by atoms with van der Waals surface area (Å²) in [5, 5.41) is 32.3. The van der Waals surface area contributed by atoms with Crippen molar-refractivity contribution in [1.82, 2.24) is 5.32 Å². The molecule has 1 atom stereocenters. The zero-order chi connectivity index (χ0) is 20.5. The normalized spacial score (nSPS) is 11.9. The minimum Gasteiger partial charge on any atom is -0.506 e. The van der Waals surface area contributed by atoms with Gasteiger partial charge < -0.3 is 20.6 Å². The van der Waals surface area contributed by atoms with Crippen LogP contribution in [0.5, 0.6) is 11.5 Å². The number of nitrogens with one attached hydrogen (secondary N) is 1. The third kappa shape index (κ3) is 5.49. The Kier molecular flexibility index (Phi) is 8.24. The number of phenols is 2. The molecule has 0 aliphatic heterocycles. The quantitative estimate of drug-likeness (QED) is 0.337. The fourth-order valence-corrected chi connectivity index (χ4v) is 6.38. The number of carboxylic acid groups (broad SMARTS) is 1. The average molecular weight is 819 g/mol. The number of aliphatic carboxylic acids is 1. The van der Waals surface area contributed by atoms with Crippen molar-refractivity contribution in [2.45, 2.75) is 19.4 Å². The highest BCUT2D eigenvalue weighted by Gasteiger charge is 2.24. The fourth-order valence-electron chi connectivity index (χ4n) is 2.51. The molecule has 144 valence electrons. The Balaban J connectivity index is 2.68. The van der Waals surface area contributed by atoms with Gasteiger partial charge in [-0.1, -0.05) is 0 Å². The molecule has 0 bridgehead atoms. The van der Waals surface area contributed by atoms with Crippen molar-refractivity contribution in [2.24, 2.45) is 0 Å². The minimum absolute atomic E-state index is 0.0601. The molecule has 0 unspecified atom stereocenters. The highest BCUT2D eigenvalue weighted by atomic mass is 127. The SMILES string of the molecule is CC(=O)N[C@@H](Cc1cc(I)c(O)c(I)c1-c1cc(I)c(O)c(I)c1)C(=O)O. The second-order valence-corrected chi connectivity index (χ2v) is 10.2. The summed E-state index contributed by atoms with van der Waals surface area (Å²) in [6.45, 7) is 1.27. The molecule has 2 aromatic rings. The fraction of sp³-hybridized carbons (Fsp3) is 0.176. The monoisotopic (exact) mass is 819 g/mol. The maximum absolute atomic E-state index is 11.6. The molecule has 0 aliphatic carbocycles. The van der Waals surface area contributed by atoms with Gasteiger partial charge in [0, 0.05) is 18.9 Å². The standard InChI is InChI=1S/C17H13I4NO5/c1-6(23)22-12(17(26)27)5-8-4-11(20)16(25)14(21)13(8)7-2-9(18)15(24)10(19)3-7/h2-4,12,24-25H,5H2,1H3,(H,22,23)(H,26,27)/t12-/m0/s1. The number of hydrogen-bond donors (Lipinski definition) is 4. The Hall–Kier alpha value is -0.100. The molecule has 0 saturated heterocycles. The van der Waals surface area contributed by atoms with E-state index in [9.17, 15) is 24.9 Å². The van der Waals surface area contributed by atoms with Gasteiger partial charge in [-0.3, -0.25) is 4.79 Å². The second-order valence-electron chi connectivity index (χ2n) is 5.64. The van der Waals surface area contributed by atoms with Crippen LogP contribution in [0.3, 0.4) is 0 Å². The lowest BCUT2D eigenvalue weighted by Crippen LogP contribution is -2.41. The zero-order valence-electron chi connectivity index (χ0n) is 13.7. The lowest BCUT2D eigenvalue weighted by molar-refractivity contribution is -0.141. The maximum Gasteiger partial charge on any atom is 0.326 e. The van der Waals surface area contributed by atoms with E-state index in [0.29, 0.717) is 25.4 Å². The van der Waals surface area contributed by atoms with Crippen LogP contribution in [0.2, 0.25) is 0 Å². The van der Waals surface area contributed by atoms with Gasteiger partial charge in [0.15, 0.2) is 0 Å². The number of carbonyl (C=O) groups excluding carboxylic acids is 1. The molecule has 27 heavy (non-hydrogen) atoms. The molecule has 0 heterocycles. The summed E-state index contributed by atoms with van der Waals surface area (Å²) < 4.78 is 2.46. The first-order chi connectivity index (χ1) is 12.5. The molecular formula is C17H13I4NO5. The lowest BCUT2D eigenvalue weighted by Gasteiger charge is -2.19. The van der Waals surface area contributed by atoms with Crippen molar-refractivity contribution in [2.75, 3.05) is 0 Å². The summed E-state index contributed by atoms with van der Waals surface area (Å²) in [7, 11) is 0. The Morgan fingerprint density at radius 3 is 2.00 bits per heavy atom. The Bertz CT molecular complexity index is 909. The van der Waals surface area contributed by atoms with Gasteiger partial charge in [0.1, 0.15) is 17.5 Å². The Labute approximate surface area is 210 Å². The molecule has 1 amide bonds. The molecule has 2 aromatic carbocycles. The van der Waals surface area contributed by atoms with Crippen LogP contribution in [0, 0.1) is 14.3 Å². The predicted octanol–water partition coefficient (Wildman–Crippen LogP) is 4.32. The van der Waals surface area contributed by atoms with Crippen LogP contribution in [0.1, 0.15) is 12.5 Å². The van der Waals surface area contributed by atoms with Crippen LogP contribution in [-0.2, 0) is 16.0 Å². The summed E-state index contributed by atoms with van der Waals surface area (Å²) in [5.74, 6) is -1.28. The molecular weight excluding hydrogens is 806 g/mol. The summed E-state index contributed by atoms with van der Waals surface area (Å²) in [6, 6.07) is 4.18. The van der Waals surface area contributed by atoms with E-state index in [1.165, 1.54) is 6.92 Å². The molecule has 6 nitrogen and oxygen atoms in total. The molecule has 0 aromatic heterocycles. The molecule has 0 spiro atoms. The smallest absolute Gasteiger partial charge is 0.326 e. The number of phenolic OH excluding ortho intramolecular Hbond substituents is 2. The number of halogens is 4. The van der Waals surface area contributed by atoms with Crippen LogP contribution >= 0.6 is 90.4 Å². The largest absolute Gasteiger partial charge is 0.506 e. The van der Waals surface area contributed by atoms with E-state index in [1.807, 2.05) is 90.4 Å². The van der Waals surface area contributed by atoms with Gasteiger partial charge in [0.25, 0.3) is 0 Å². The average Bonchev–Trinajstić information content (AvgIpc) is 2.56. The van der Waals surface area contributed by atoms with Crippen LogP contribution < -0.4 is 5.32 Å². The van der Waals surface area contributed by atoms with Gasteiger partial charge >= 0.3 is 5.97 Å². The third-order valence-corrected chi connectivity index (χ3v) is 7.20. The Morgan fingerprint density at radius 1 is 1.00 bits per heavy atom. The molecule has 0 saturated carbocycles. The van der Waals surface area contributed by atoms with Crippen molar-refractivity contribution >= 4 is 102 Å². The number of amides is 1. The summed E-state index contributed by atoms with van der Waals surface area (Å²) in [4.78, 5) is 22.9. The van der Waals surface area contributed by atoms with Crippen molar-refractivity contribution in [3.8, 4) is 22.6 Å². The van der Waals surface area contributed by atoms with Gasteiger partial charge in [-0.2, -0.15) is 0 Å². The number of rotatable bonds is 5. The van der Waals surface area contributed by atoms with Gasteiger partial charge in [-0.05, 0) is 120 Å².